The zero-order chi connectivity index (χ0) is 17.8. The molecule has 0 radical (unpaired) electrons. The maximum Gasteiger partial charge on any atom is 0.337 e. The molecule has 132 valence electrons. The molecule has 7 heteroatoms. The Kier molecular flexibility index (Phi) is 5.75. The van der Waals surface area contributed by atoms with E-state index >= 15 is 0 Å². The predicted molar refractivity (Wildman–Crippen MR) is 99.0 cm³/mol. The number of hydrogen-bond donors (Lipinski definition) is 0. The molecule has 0 saturated carbocycles. The number of halogens is 1. The van der Waals surface area contributed by atoms with Crippen LogP contribution in [0.15, 0.2) is 40.2 Å². The van der Waals surface area contributed by atoms with E-state index in [0.29, 0.717) is 15.8 Å². The van der Waals surface area contributed by atoms with Gasteiger partial charge in [0.2, 0.25) is 0 Å². The number of carbonyl (C=O) groups is 2. The van der Waals surface area contributed by atoms with Crippen LogP contribution in [0.2, 0.25) is 0 Å². The van der Waals surface area contributed by atoms with Gasteiger partial charge in [-0.2, -0.15) is 0 Å². The molecule has 2 aromatic rings. The van der Waals surface area contributed by atoms with Gasteiger partial charge in [0.05, 0.1) is 23.2 Å². The summed E-state index contributed by atoms with van der Waals surface area (Å²) in [5, 5.41) is 2.03. The minimum atomic E-state index is -0.417. The number of methoxy groups -OCH3 is 1. The van der Waals surface area contributed by atoms with Crippen LogP contribution in [0.3, 0.4) is 0 Å². The molecule has 1 aromatic carbocycles. The van der Waals surface area contributed by atoms with E-state index in [0.717, 1.165) is 19.4 Å². The maximum absolute atomic E-state index is 12.6. The number of nitrogens with zero attached hydrogens (tertiary/aromatic N) is 1. The molecule has 1 saturated heterocycles. The van der Waals surface area contributed by atoms with Crippen LogP contribution in [0, 0.1) is 0 Å². The maximum atomic E-state index is 12.6. The molecular weight excluding hydrogens is 406 g/mol. The van der Waals surface area contributed by atoms with Crippen molar-refractivity contribution < 1.29 is 19.1 Å². The first-order valence-electron chi connectivity index (χ1n) is 7.93. The molecule has 0 aliphatic carbocycles. The fourth-order valence-corrected chi connectivity index (χ4v) is 4.29. The molecule has 1 atom stereocenters. The van der Waals surface area contributed by atoms with E-state index in [1.807, 2.05) is 16.3 Å². The number of rotatable bonds is 5. The van der Waals surface area contributed by atoms with Crippen molar-refractivity contribution in [2.75, 3.05) is 20.3 Å². The lowest BCUT2D eigenvalue weighted by molar-refractivity contribution is -0.134. The second-order valence-electron chi connectivity index (χ2n) is 5.69. The molecule has 1 amide bonds. The van der Waals surface area contributed by atoms with Gasteiger partial charge in [0.1, 0.15) is 5.75 Å². The van der Waals surface area contributed by atoms with E-state index in [1.54, 1.807) is 29.5 Å². The fourth-order valence-electron chi connectivity index (χ4n) is 2.93. The van der Waals surface area contributed by atoms with Crippen molar-refractivity contribution in [1.29, 1.82) is 0 Å². The van der Waals surface area contributed by atoms with Crippen LogP contribution in [-0.2, 0) is 9.53 Å². The lowest BCUT2D eigenvalue weighted by Crippen LogP contribution is -2.34. The Morgan fingerprint density at radius 1 is 1.36 bits per heavy atom. The molecule has 25 heavy (non-hydrogen) atoms. The lowest BCUT2D eigenvalue weighted by Gasteiger charge is -2.24. The van der Waals surface area contributed by atoms with E-state index in [-0.39, 0.29) is 18.6 Å². The smallest absolute Gasteiger partial charge is 0.337 e. The number of thiophene rings is 1. The molecule has 5 nitrogen and oxygen atoms in total. The molecular formula is C18H18BrNO4S. The third kappa shape index (κ3) is 4.04. The minimum absolute atomic E-state index is 0.0279. The Morgan fingerprint density at radius 2 is 2.20 bits per heavy atom. The zero-order valence-electron chi connectivity index (χ0n) is 13.7. The van der Waals surface area contributed by atoms with Crippen LogP contribution in [0.25, 0.3) is 0 Å². The normalized spacial score (nSPS) is 16.7. The predicted octanol–water partition coefficient (Wildman–Crippen LogP) is 4.04. The highest BCUT2D eigenvalue weighted by atomic mass is 79.9. The highest BCUT2D eigenvalue weighted by molar-refractivity contribution is 9.10. The molecule has 0 N–H and O–H groups in total. The van der Waals surface area contributed by atoms with Gasteiger partial charge in [-0.3, -0.25) is 4.79 Å². The first-order chi connectivity index (χ1) is 12.1. The number of hydrogen-bond acceptors (Lipinski definition) is 5. The summed E-state index contributed by atoms with van der Waals surface area (Å²) in [6, 6.07) is 9.13. The highest BCUT2D eigenvalue weighted by Gasteiger charge is 2.30. The van der Waals surface area contributed by atoms with Crippen LogP contribution in [0.1, 0.15) is 34.1 Å². The van der Waals surface area contributed by atoms with Gasteiger partial charge in [-0.25, -0.2) is 4.79 Å². The summed E-state index contributed by atoms with van der Waals surface area (Å²) >= 11 is 5.04. The highest BCUT2D eigenvalue weighted by Crippen LogP contribution is 2.34. The van der Waals surface area contributed by atoms with Crippen molar-refractivity contribution in [3.63, 3.8) is 0 Å². The van der Waals surface area contributed by atoms with Crippen molar-refractivity contribution >= 4 is 39.1 Å². The van der Waals surface area contributed by atoms with E-state index in [2.05, 4.69) is 26.7 Å². The van der Waals surface area contributed by atoms with Crippen molar-refractivity contribution in [3.8, 4) is 5.75 Å². The zero-order valence-corrected chi connectivity index (χ0v) is 16.1. The fraction of sp³-hybridized carbons (Fsp3) is 0.333. The summed E-state index contributed by atoms with van der Waals surface area (Å²) in [4.78, 5) is 27.2. The number of likely N-dealkylation sites (tertiary alicyclic amines) is 1. The van der Waals surface area contributed by atoms with Crippen LogP contribution in [0.5, 0.6) is 5.75 Å². The van der Waals surface area contributed by atoms with Crippen LogP contribution >= 0.6 is 27.3 Å². The van der Waals surface area contributed by atoms with Crippen molar-refractivity contribution in [3.05, 3.63) is 50.6 Å². The molecule has 0 spiro atoms. The first-order valence-corrected chi connectivity index (χ1v) is 9.61. The van der Waals surface area contributed by atoms with E-state index < -0.39 is 5.97 Å². The quantitative estimate of drug-likeness (QED) is 0.680. The van der Waals surface area contributed by atoms with Gasteiger partial charge >= 0.3 is 5.97 Å². The summed E-state index contributed by atoms with van der Waals surface area (Å²) in [6.45, 7) is 0.727. The Balaban J connectivity index is 1.63. The van der Waals surface area contributed by atoms with Gasteiger partial charge in [0.25, 0.3) is 5.91 Å². The topological polar surface area (TPSA) is 55.8 Å². The number of carbonyl (C=O) groups excluding carboxylic acids is 2. The number of benzene rings is 1. The molecule has 1 aromatic heterocycles. The summed E-state index contributed by atoms with van der Waals surface area (Å²) in [5.74, 6) is 0.0758. The monoisotopic (exact) mass is 423 g/mol. The van der Waals surface area contributed by atoms with Gasteiger partial charge < -0.3 is 14.4 Å². The lowest BCUT2D eigenvalue weighted by atomic mass is 10.2. The summed E-state index contributed by atoms with van der Waals surface area (Å²) in [5.41, 5.74) is 0.422. The molecule has 2 heterocycles. The average Bonchev–Trinajstić information content (AvgIpc) is 3.30. The Bertz CT molecular complexity index is 762. The number of esters is 1. The van der Waals surface area contributed by atoms with Crippen LogP contribution in [0.4, 0.5) is 0 Å². The standard InChI is InChI=1S/C18H18BrNO4S/c1-23-18(22)12-6-7-15(13(19)10-12)24-11-17(21)20-8-2-4-14(20)16-5-3-9-25-16/h3,5-7,9-10,14H,2,4,8,11H2,1H3. The van der Waals surface area contributed by atoms with Crippen molar-refractivity contribution in [2.45, 2.75) is 18.9 Å². The third-order valence-electron chi connectivity index (χ3n) is 4.15. The molecule has 1 unspecified atom stereocenters. The first kappa shape index (κ1) is 17.9. The molecule has 1 aliphatic rings. The van der Waals surface area contributed by atoms with Gasteiger partial charge in [-0.05, 0) is 58.4 Å². The average molecular weight is 424 g/mol. The number of amides is 1. The Morgan fingerprint density at radius 3 is 2.88 bits per heavy atom. The van der Waals surface area contributed by atoms with Crippen LogP contribution in [-0.4, -0.2) is 37.0 Å². The molecule has 3 rings (SSSR count). The summed E-state index contributed by atoms with van der Waals surface area (Å²) < 4.78 is 11.0. The molecule has 1 aliphatic heterocycles. The summed E-state index contributed by atoms with van der Waals surface area (Å²) in [7, 11) is 1.33. The Labute approximate surface area is 158 Å². The van der Waals surface area contributed by atoms with Crippen molar-refractivity contribution in [2.24, 2.45) is 0 Å². The van der Waals surface area contributed by atoms with Gasteiger partial charge in [-0.15, -0.1) is 11.3 Å². The van der Waals surface area contributed by atoms with E-state index in [4.69, 9.17) is 4.74 Å². The van der Waals surface area contributed by atoms with Crippen molar-refractivity contribution in [1.82, 2.24) is 4.90 Å². The second kappa shape index (κ2) is 8.01. The number of ether oxygens (including phenoxy) is 2. The minimum Gasteiger partial charge on any atom is -0.483 e. The third-order valence-corrected chi connectivity index (χ3v) is 5.74. The van der Waals surface area contributed by atoms with Gasteiger partial charge in [-0.1, -0.05) is 6.07 Å². The second-order valence-corrected chi connectivity index (χ2v) is 7.52. The van der Waals surface area contributed by atoms with Gasteiger partial charge in [0, 0.05) is 11.4 Å². The molecule has 0 bridgehead atoms. The summed E-state index contributed by atoms with van der Waals surface area (Å²) in [6.07, 6.45) is 2.00. The Hall–Kier alpha value is -1.86. The van der Waals surface area contributed by atoms with E-state index in [9.17, 15) is 9.59 Å². The SMILES string of the molecule is COC(=O)c1ccc(OCC(=O)N2CCCC2c2cccs2)c(Br)c1. The molecule has 1 fully saturated rings. The largest absolute Gasteiger partial charge is 0.483 e. The van der Waals surface area contributed by atoms with E-state index in [1.165, 1.54) is 12.0 Å². The van der Waals surface area contributed by atoms with Gasteiger partial charge in [0.15, 0.2) is 6.61 Å². The van der Waals surface area contributed by atoms with Crippen LogP contribution < -0.4 is 4.74 Å².